The number of thiophene rings is 1. The quantitative estimate of drug-likeness (QED) is 0.258. The number of rotatable bonds is 4. The summed E-state index contributed by atoms with van der Waals surface area (Å²) in [4.78, 5) is 48.4. The van der Waals surface area contributed by atoms with E-state index in [-0.39, 0.29) is 33.5 Å². The molecule has 0 radical (unpaired) electrons. The molecule has 12 heteroatoms. The first-order valence-electron chi connectivity index (χ1n) is 9.42. The highest BCUT2D eigenvalue weighted by atomic mass is 79.9. The Morgan fingerprint density at radius 1 is 1.21 bits per heavy atom. The van der Waals surface area contributed by atoms with Gasteiger partial charge in [-0.3, -0.25) is 24.3 Å². The van der Waals surface area contributed by atoms with Gasteiger partial charge in [0.05, 0.1) is 38.6 Å². The van der Waals surface area contributed by atoms with Gasteiger partial charge in [0, 0.05) is 27.6 Å². The highest BCUT2D eigenvalue weighted by Crippen LogP contribution is 2.35. The topological polar surface area (TPSA) is 124 Å². The van der Waals surface area contributed by atoms with Gasteiger partial charge in [0.25, 0.3) is 16.8 Å². The second kappa shape index (κ2) is 8.18. The van der Waals surface area contributed by atoms with Gasteiger partial charge in [0.15, 0.2) is 0 Å². The van der Waals surface area contributed by atoms with Gasteiger partial charge < -0.3 is 4.98 Å². The molecule has 0 saturated carbocycles. The Labute approximate surface area is 201 Å². The van der Waals surface area contributed by atoms with Gasteiger partial charge in [-0.15, -0.1) is 11.3 Å². The Kier molecular flexibility index (Phi) is 5.31. The van der Waals surface area contributed by atoms with Crippen LogP contribution >= 0.6 is 38.9 Å². The molecule has 2 aromatic carbocycles. The van der Waals surface area contributed by atoms with E-state index in [0.717, 1.165) is 5.56 Å². The fourth-order valence-corrected chi connectivity index (χ4v) is 5.20. The van der Waals surface area contributed by atoms with Crippen LogP contribution in [0.1, 0.15) is 5.82 Å². The summed E-state index contributed by atoms with van der Waals surface area (Å²) in [5.74, 6) is 0.259. The summed E-state index contributed by atoms with van der Waals surface area (Å²) < 4.78 is 1.47. The van der Waals surface area contributed by atoms with Gasteiger partial charge in [-0.25, -0.2) is 9.97 Å². The second-order valence-electron chi connectivity index (χ2n) is 7.08. The standard InChI is InChI=1S/C21H11BrClN5O4S/c22-13-6-15-11(5-16(13)28(31)32)21(30)27(9-24-15)7-17-25-19(29)18-12(8-33-20(18)26-17)10-3-1-2-4-14(10)23/h1-6,8-9H,7H2,(H,25,26,29). The largest absolute Gasteiger partial charge is 0.308 e. The van der Waals surface area contributed by atoms with E-state index in [4.69, 9.17) is 11.6 Å². The summed E-state index contributed by atoms with van der Waals surface area (Å²) in [6, 6.07) is 9.83. The van der Waals surface area contributed by atoms with E-state index in [1.165, 1.54) is 34.4 Å². The first kappa shape index (κ1) is 21.4. The van der Waals surface area contributed by atoms with Crippen LogP contribution in [0.2, 0.25) is 5.02 Å². The monoisotopic (exact) mass is 543 g/mol. The minimum atomic E-state index is -0.583. The van der Waals surface area contributed by atoms with Crippen molar-refractivity contribution in [3.63, 3.8) is 0 Å². The van der Waals surface area contributed by atoms with Crippen LogP contribution < -0.4 is 11.1 Å². The fraction of sp³-hybridized carbons (Fsp3) is 0.0476. The van der Waals surface area contributed by atoms with Gasteiger partial charge >= 0.3 is 0 Å². The van der Waals surface area contributed by atoms with Crippen LogP contribution in [-0.4, -0.2) is 24.4 Å². The maximum atomic E-state index is 12.9. The zero-order chi connectivity index (χ0) is 23.3. The molecule has 33 heavy (non-hydrogen) atoms. The molecule has 0 fully saturated rings. The number of aromatic nitrogens is 4. The van der Waals surface area contributed by atoms with Gasteiger partial charge in [0.2, 0.25) is 0 Å². The van der Waals surface area contributed by atoms with Gasteiger partial charge in [-0.2, -0.15) is 0 Å². The van der Waals surface area contributed by atoms with Crippen molar-refractivity contribution >= 4 is 65.7 Å². The molecule has 0 atom stereocenters. The number of fused-ring (bicyclic) bond motifs is 2. The lowest BCUT2D eigenvalue weighted by molar-refractivity contribution is -0.385. The van der Waals surface area contributed by atoms with Crippen molar-refractivity contribution < 1.29 is 4.92 Å². The number of nitro benzene ring substituents is 1. The van der Waals surface area contributed by atoms with Gasteiger partial charge in [-0.1, -0.05) is 29.8 Å². The van der Waals surface area contributed by atoms with Crippen LogP contribution in [0.5, 0.6) is 0 Å². The third-order valence-corrected chi connectivity index (χ3v) is 6.90. The number of benzene rings is 2. The van der Waals surface area contributed by atoms with Crippen molar-refractivity contribution in [1.82, 2.24) is 19.5 Å². The lowest BCUT2D eigenvalue weighted by Crippen LogP contribution is -2.23. The van der Waals surface area contributed by atoms with E-state index in [2.05, 4.69) is 30.9 Å². The van der Waals surface area contributed by atoms with E-state index in [0.29, 0.717) is 26.3 Å². The number of aromatic amines is 1. The zero-order valence-corrected chi connectivity index (χ0v) is 19.6. The summed E-state index contributed by atoms with van der Waals surface area (Å²) in [5, 5.41) is 14.1. The smallest absolute Gasteiger partial charge is 0.284 e. The molecule has 9 nitrogen and oxygen atoms in total. The van der Waals surface area contributed by atoms with E-state index < -0.39 is 10.5 Å². The van der Waals surface area contributed by atoms with Crippen molar-refractivity contribution in [1.29, 1.82) is 0 Å². The highest BCUT2D eigenvalue weighted by Gasteiger charge is 2.18. The molecule has 0 unspecified atom stereocenters. The molecule has 5 rings (SSSR count). The molecule has 0 saturated heterocycles. The molecule has 5 aromatic rings. The molecular formula is C21H11BrClN5O4S. The number of hydrogen-bond donors (Lipinski definition) is 1. The van der Waals surface area contributed by atoms with Crippen LogP contribution in [0.25, 0.3) is 32.2 Å². The minimum absolute atomic E-state index is 0.0594. The Morgan fingerprint density at radius 2 is 2.00 bits per heavy atom. The SMILES string of the molecule is O=c1[nH]c(Cn2cnc3cc(Br)c([N+](=O)[O-])cc3c2=O)nc2scc(-c3ccccc3Cl)c12. The molecule has 0 aliphatic carbocycles. The molecule has 0 aliphatic rings. The zero-order valence-electron chi connectivity index (χ0n) is 16.4. The third kappa shape index (κ3) is 3.73. The number of nitro groups is 1. The van der Waals surface area contributed by atoms with Crippen molar-refractivity contribution in [3.05, 3.63) is 94.2 Å². The van der Waals surface area contributed by atoms with Crippen LogP contribution in [0.15, 0.2) is 62.2 Å². The molecule has 0 aliphatic heterocycles. The number of nitrogens with one attached hydrogen (secondary N) is 1. The van der Waals surface area contributed by atoms with E-state index in [1.54, 1.807) is 6.07 Å². The molecule has 0 amide bonds. The highest BCUT2D eigenvalue weighted by molar-refractivity contribution is 9.10. The lowest BCUT2D eigenvalue weighted by atomic mass is 10.1. The average Bonchev–Trinajstić information content (AvgIpc) is 3.20. The maximum Gasteiger partial charge on any atom is 0.284 e. The van der Waals surface area contributed by atoms with Crippen LogP contribution in [0, 0.1) is 10.1 Å². The lowest BCUT2D eigenvalue weighted by Gasteiger charge is -2.07. The predicted molar refractivity (Wildman–Crippen MR) is 130 cm³/mol. The Hall–Kier alpha value is -3.41. The van der Waals surface area contributed by atoms with Crippen molar-refractivity contribution in [2.75, 3.05) is 0 Å². The van der Waals surface area contributed by atoms with E-state index in [9.17, 15) is 19.7 Å². The number of hydrogen-bond acceptors (Lipinski definition) is 7. The Morgan fingerprint density at radius 3 is 2.76 bits per heavy atom. The minimum Gasteiger partial charge on any atom is -0.308 e. The van der Waals surface area contributed by atoms with Crippen molar-refractivity contribution in [3.8, 4) is 11.1 Å². The second-order valence-corrected chi connectivity index (χ2v) is 9.20. The Bertz CT molecular complexity index is 1710. The van der Waals surface area contributed by atoms with E-state index >= 15 is 0 Å². The molecule has 0 bridgehead atoms. The number of H-pyrrole nitrogens is 1. The first-order valence-corrected chi connectivity index (χ1v) is 11.5. The third-order valence-electron chi connectivity index (χ3n) is 5.07. The van der Waals surface area contributed by atoms with Crippen LogP contribution in [0.4, 0.5) is 5.69 Å². The predicted octanol–water partition coefficient (Wildman–Crippen LogP) is 4.73. The van der Waals surface area contributed by atoms with Crippen molar-refractivity contribution in [2.45, 2.75) is 6.54 Å². The summed E-state index contributed by atoms with van der Waals surface area (Å²) in [7, 11) is 0. The molecule has 164 valence electrons. The first-order chi connectivity index (χ1) is 15.8. The molecule has 3 aromatic heterocycles. The fourth-order valence-electron chi connectivity index (χ4n) is 3.53. The molecule has 3 heterocycles. The van der Waals surface area contributed by atoms with Crippen LogP contribution in [-0.2, 0) is 6.54 Å². The summed E-state index contributed by atoms with van der Waals surface area (Å²) in [6.45, 7) is -0.0594. The normalized spacial score (nSPS) is 11.3. The number of nitrogens with zero attached hydrogens (tertiary/aromatic N) is 4. The number of halogens is 2. The summed E-state index contributed by atoms with van der Waals surface area (Å²) in [5.41, 5.74) is 0.649. The van der Waals surface area contributed by atoms with Crippen molar-refractivity contribution in [2.24, 2.45) is 0 Å². The van der Waals surface area contributed by atoms with Gasteiger partial charge in [0.1, 0.15) is 10.7 Å². The molecular weight excluding hydrogens is 534 g/mol. The average molecular weight is 545 g/mol. The maximum absolute atomic E-state index is 12.9. The van der Waals surface area contributed by atoms with E-state index in [1.807, 2.05) is 23.6 Å². The van der Waals surface area contributed by atoms with Crippen LogP contribution in [0.3, 0.4) is 0 Å². The Balaban J connectivity index is 1.59. The summed E-state index contributed by atoms with van der Waals surface area (Å²) >= 11 is 10.7. The summed E-state index contributed by atoms with van der Waals surface area (Å²) in [6.07, 6.45) is 1.32. The molecule has 1 N–H and O–H groups in total. The molecule has 0 spiro atoms. The van der Waals surface area contributed by atoms with Gasteiger partial charge in [-0.05, 0) is 28.1 Å².